The molecular formula is C12H11N3O2S2. The van der Waals surface area contributed by atoms with E-state index in [0.29, 0.717) is 16.7 Å². The van der Waals surface area contributed by atoms with Crippen LogP contribution in [-0.4, -0.2) is 26.3 Å². The average Bonchev–Trinajstić information content (AvgIpc) is 2.99. The van der Waals surface area contributed by atoms with Gasteiger partial charge in [0.25, 0.3) is 0 Å². The highest BCUT2D eigenvalue weighted by molar-refractivity contribution is 7.84. The van der Waals surface area contributed by atoms with Gasteiger partial charge in [-0.15, -0.1) is 11.3 Å². The van der Waals surface area contributed by atoms with E-state index in [2.05, 4.69) is 15.0 Å². The van der Waals surface area contributed by atoms with Crippen LogP contribution in [0.3, 0.4) is 0 Å². The van der Waals surface area contributed by atoms with E-state index in [9.17, 15) is 4.21 Å². The zero-order valence-electron chi connectivity index (χ0n) is 10.1. The van der Waals surface area contributed by atoms with Gasteiger partial charge in [-0.1, -0.05) is 0 Å². The number of thiophene rings is 1. The molecule has 98 valence electrons. The number of hydrogen-bond donors (Lipinski definition) is 1. The number of rotatable bonds is 4. The van der Waals surface area contributed by atoms with Crippen molar-refractivity contribution < 1.29 is 8.95 Å². The summed E-state index contributed by atoms with van der Waals surface area (Å²) in [6.45, 7) is 0. The fourth-order valence-electron chi connectivity index (χ4n) is 1.70. The van der Waals surface area contributed by atoms with Gasteiger partial charge >= 0.3 is 0 Å². The SMILES string of the molecule is COc1ccnc(CS(=O)c2nc3cscc3[nH]2)c1. The van der Waals surface area contributed by atoms with Gasteiger partial charge in [-0.05, 0) is 6.07 Å². The van der Waals surface area contributed by atoms with Crippen LogP contribution in [0.2, 0.25) is 0 Å². The van der Waals surface area contributed by atoms with E-state index >= 15 is 0 Å². The van der Waals surface area contributed by atoms with Crippen molar-refractivity contribution in [3.05, 3.63) is 34.8 Å². The maximum atomic E-state index is 12.2. The summed E-state index contributed by atoms with van der Waals surface area (Å²) in [6, 6.07) is 3.54. The Bertz CT molecular complexity index is 707. The van der Waals surface area contributed by atoms with Crippen molar-refractivity contribution in [2.24, 2.45) is 0 Å². The molecule has 7 heteroatoms. The van der Waals surface area contributed by atoms with Crippen LogP contribution in [0.15, 0.2) is 34.2 Å². The van der Waals surface area contributed by atoms with E-state index in [0.717, 1.165) is 16.7 Å². The molecule has 0 radical (unpaired) electrons. The van der Waals surface area contributed by atoms with Crippen molar-refractivity contribution in [2.45, 2.75) is 10.9 Å². The number of fused-ring (bicyclic) bond motifs is 1. The molecule has 1 unspecified atom stereocenters. The molecule has 0 saturated heterocycles. The maximum Gasteiger partial charge on any atom is 0.197 e. The number of pyridine rings is 1. The van der Waals surface area contributed by atoms with Gasteiger partial charge in [0.2, 0.25) is 0 Å². The highest BCUT2D eigenvalue weighted by Crippen LogP contribution is 2.19. The molecule has 0 spiro atoms. The van der Waals surface area contributed by atoms with Crippen molar-refractivity contribution >= 4 is 33.2 Å². The Balaban J connectivity index is 1.82. The van der Waals surface area contributed by atoms with Gasteiger partial charge in [-0.2, -0.15) is 0 Å². The molecule has 3 aromatic heterocycles. The lowest BCUT2D eigenvalue weighted by Crippen LogP contribution is -2.00. The predicted octanol–water partition coefficient (Wildman–Crippen LogP) is 2.34. The number of aromatic nitrogens is 3. The number of methoxy groups -OCH3 is 1. The third-order valence-electron chi connectivity index (χ3n) is 2.62. The molecule has 1 atom stereocenters. The lowest BCUT2D eigenvalue weighted by atomic mass is 10.3. The average molecular weight is 293 g/mol. The van der Waals surface area contributed by atoms with E-state index < -0.39 is 10.8 Å². The monoisotopic (exact) mass is 293 g/mol. The number of ether oxygens (including phenoxy) is 1. The molecule has 0 amide bonds. The van der Waals surface area contributed by atoms with Crippen molar-refractivity contribution in [1.29, 1.82) is 0 Å². The third kappa shape index (κ3) is 2.52. The molecule has 3 heterocycles. The lowest BCUT2D eigenvalue weighted by molar-refractivity contribution is 0.413. The van der Waals surface area contributed by atoms with Crippen LogP contribution in [0.5, 0.6) is 5.75 Å². The minimum Gasteiger partial charge on any atom is -0.497 e. The van der Waals surface area contributed by atoms with Gasteiger partial charge in [0.15, 0.2) is 5.16 Å². The van der Waals surface area contributed by atoms with E-state index in [1.165, 1.54) is 0 Å². The molecule has 0 bridgehead atoms. The minimum atomic E-state index is -1.24. The first-order valence-electron chi connectivity index (χ1n) is 5.55. The summed E-state index contributed by atoms with van der Waals surface area (Å²) in [5.41, 5.74) is 2.50. The van der Waals surface area contributed by atoms with Crippen molar-refractivity contribution in [3.63, 3.8) is 0 Å². The van der Waals surface area contributed by atoms with Gasteiger partial charge in [0, 0.05) is 23.0 Å². The second-order valence-corrected chi connectivity index (χ2v) is 6.00. The lowest BCUT2D eigenvalue weighted by Gasteiger charge is -2.02. The van der Waals surface area contributed by atoms with Gasteiger partial charge in [0.05, 0.1) is 34.9 Å². The molecule has 0 aromatic carbocycles. The van der Waals surface area contributed by atoms with Gasteiger partial charge in [-0.3, -0.25) is 9.19 Å². The predicted molar refractivity (Wildman–Crippen MR) is 74.9 cm³/mol. The molecule has 3 rings (SSSR count). The van der Waals surface area contributed by atoms with E-state index in [1.54, 1.807) is 36.8 Å². The zero-order valence-corrected chi connectivity index (χ0v) is 11.8. The van der Waals surface area contributed by atoms with Crippen LogP contribution < -0.4 is 4.74 Å². The normalized spacial score (nSPS) is 12.7. The number of nitrogens with zero attached hydrogens (tertiary/aromatic N) is 2. The summed E-state index contributed by atoms with van der Waals surface area (Å²) in [5, 5.41) is 4.37. The highest BCUT2D eigenvalue weighted by Gasteiger charge is 2.12. The highest BCUT2D eigenvalue weighted by atomic mass is 32.2. The Morgan fingerprint density at radius 1 is 1.47 bits per heavy atom. The maximum absolute atomic E-state index is 12.2. The minimum absolute atomic E-state index is 0.316. The Morgan fingerprint density at radius 3 is 3.16 bits per heavy atom. The molecule has 0 saturated carbocycles. The molecule has 19 heavy (non-hydrogen) atoms. The van der Waals surface area contributed by atoms with Crippen LogP contribution in [0.25, 0.3) is 11.0 Å². The third-order valence-corrected chi connectivity index (χ3v) is 4.54. The molecule has 0 aliphatic rings. The molecule has 0 aliphatic carbocycles. The molecule has 3 aromatic rings. The Hall–Kier alpha value is -1.73. The van der Waals surface area contributed by atoms with Gasteiger partial charge in [0.1, 0.15) is 11.3 Å². The summed E-state index contributed by atoms with van der Waals surface area (Å²) in [4.78, 5) is 11.6. The van der Waals surface area contributed by atoms with Gasteiger partial charge < -0.3 is 9.72 Å². The number of H-pyrrole nitrogens is 1. The summed E-state index contributed by atoms with van der Waals surface area (Å²) >= 11 is 1.57. The van der Waals surface area contributed by atoms with E-state index in [-0.39, 0.29) is 0 Å². The van der Waals surface area contributed by atoms with Crippen molar-refractivity contribution in [1.82, 2.24) is 15.0 Å². The standard InChI is InChI=1S/C12H11N3O2S2/c1-17-9-2-3-13-8(4-9)7-19(16)12-14-10-5-18-6-11(10)15-12/h2-6H,7H2,1H3,(H,14,15). The molecule has 1 N–H and O–H groups in total. The molecule has 0 aliphatic heterocycles. The first kappa shape index (κ1) is 12.3. The van der Waals surface area contributed by atoms with Crippen LogP contribution in [0, 0.1) is 0 Å². The second-order valence-electron chi connectivity index (χ2n) is 3.89. The zero-order chi connectivity index (χ0) is 13.2. The topological polar surface area (TPSA) is 67.9 Å². The summed E-state index contributed by atoms with van der Waals surface area (Å²) in [7, 11) is 0.358. The molecular weight excluding hydrogens is 282 g/mol. The van der Waals surface area contributed by atoms with Crippen LogP contribution >= 0.6 is 11.3 Å². The number of aromatic amines is 1. The van der Waals surface area contributed by atoms with Crippen molar-refractivity contribution in [3.8, 4) is 5.75 Å². The summed E-state index contributed by atoms with van der Waals surface area (Å²) < 4.78 is 17.3. The number of hydrogen-bond acceptors (Lipinski definition) is 5. The largest absolute Gasteiger partial charge is 0.497 e. The van der Waals surface area contributed by atoms with E-state index in [4.69, 9.17) is 4.74 Å². The number of imidazole rings is 1. The first-order chi connectivity index (χ1) is 9.26. The molecule has 0 fully saturated rings. The van der Waals surface area contributed by atoms with Crippen molar-refractivity contribution in [2.75, 3.05) is 7.11 Å². The van der Waals surface area contributed by atoms with Crippen LogP contribution in [0.4, 0.5) is 0 Å². The fraction of sp³-hybridized carbons (Fsp3) is 0.167. The Morgan fingerprint density at radius 2 is 2.37 bits per heavy atom. The Kier molecular flexibility index (Phi) is 3.31. The smallest absolute Gasteiger partial charge is 0.197 e. The van der Waals surface area contributed by atoms with E-state index in [1.807, 2.05) is 10.8 Å². The fourth-order valence-corrected chi connectivity index (χ4v) is 3.38. The Labute approximate surface area is 116 Å². The summed E-state index contributed by atoms with van der Waals surface area (Å²) in [6.07, 6.45) is 1.64. The quantitative estimate of drug-likeness (QED) is 0.801. The number of nitrogens with one attached hydrogen (secondary N) is 1. The van der Waals surface area contributed by atoms with Gasteiger partial charge in [-0.25, -0.2) is 4.98 Å². The molecule has 5 nitrogen and oxygen atoms in total. The second kappa shape index (κ2) is 5.10. The van der Waals surface area contributed by atoms with Crippen LogP contribution in [-0.2, 0) is 16.6 Å². The first-order valence-corrected chi connectivity index (χ1v) is 7.81. The summed E-state index contributed by atoms with van der Waals surface area (Å²) in [5.74, 6) is 1.03. The van der Waals surface area contributed by atoms with Crippen LogP contribution in [0.1, 0.15) is 5.69 Å².